The molecule has 0 N–H and O–H groups in total. The van der Waals surface area contributed by atoms with Crippen LogP contribution in [-0.4, -0.2) is 56.1 Å². The van der Waals surface area contributed by atoms with Crippen LogP contribution in [0.1, 0.15) is 6.92 Å². The number of amides is 1. The number of hydrogen-bond acceptors (Lipinski definition) is 4. The number of carbonyl (C=O) groups excluding carboxylic acids is 1. The highest BCUT2D eigenvalue weighted by atomic mass is 32.2. The van der Waals surface area contributed by atoms with Crippen molar-refractivity contribution in [2.45, 2.75) is 18.2 Å². The fourth-order valence-corrected chi connectivity index (χ4v) is 3.68. The summed E-state index contributed by atoms with van der Waals surface area (Å²) in [5.41, 5.74) is 0. The molecule has 1 saturated heterocycles. The Morgan fingerprint density at radius 1 is 1.17 bits per heavy atom. The molecule has 1 aliphatic rings. The standard InChI is InChI=1S/C13H15F3N2O4S/c1-10(19)17-5-7-18(8-6-17)23(20,21)12-4-2-3-11(9-12)22-13(14,15)16/h2-4,9H,5-8H2,1H3. The SMILES string of the molecule is CC(=O)N1CCN(S(=O)(=O)c2cccc(OC(F)(F)F)c2)CC1. The fourth-order valence-electron chi connectivity index (χ4n) is 2.22. The largest absolute Gasteiger partial charge is 0.573 e. The number of hydrogen-bond donors (Lipinski definition) is 0. The molecule has 1 heterocycles. The second kappa shape index (κ2) is 6.36. The summed E-state index contributed by atoms with van der Waals surface area (Å²) in [7, 11) is -3.94. The van der Waals surface area contributed by atoms with Gasteiger partial charge in [0.05, 0.1) is 4.90 Å². The molecule has 1 fully saturated rings. The van der Waals surface area contributed by atoms with Crippen LogP contribution in [0.5, 0.6) is 5.75 Å². The molecule has 1 aromatic rings. The first-order valence-corrected chi connectivity index (χ1v) is 8.15. The molecule has 2 rings (SSSR count). The molecule has 6 nitrogen and oxygen atoms in total. The maximum Gasteiger partial charge on any atom is 0.573 e. The van der Waals surface area contributed by atoms with Crippen LogP contribution < -0.4 is 4.74 Å². The number of nitrogens with zero attached hydrogens (tertiary/aromatic N) is 2. The van der Waals surface area contributed by atoms with Gasteiger partial charge in [0.15, 0.2) is 0 Å². The van der Waals surface area contributed by atoms with Crippen LogP contribution in [0.3, 0.4) is 0 Å². The van der Waals surface area contributed by atoms with Gasteiger partial charge in [-0.2, -0.15) is 4.31 Å². The molecule has 1 aromatic carbocycles. The molecule has 1 amide bonds. The Labute approximate surface area is 131 Å². The van der Waals surface area contributed by atoms with Crippen LogP contribution in [-0.2, 0) is 14.8 Å². The molecule has 0 radical (unpaired) electrons. The number of alkyl halides is 3. The lowest BCUT2D eigenvalue weighted by Gasteiger charge is -2.33. The predicted molar refractivity (Wildman–Crippen MR) is 74.1 cm³/mol. The topological polar surface area (TPSA) is 66.9 Å². The van der Waals surface area contributed by atoms with Crippen molar-refractivity contribution in [1.29, 1.82) is 0 Å². The van der Waals surface area contributed by atoms with Crippen LogP contribution in [0.25, 0.3) is 0 Å². The Kier molecular flexibility index (Phi) is 4.85. The molecular weight excluding hydrogens is 337 g/mol. The molecule has 0 spiro atoms. The number of sulfonamides is 1. The zero-order valence-corrected chi connectivity index (χ0v) is 13.0. The predicted octanol–water partition coefficient (Wildman–Crippen LogP) is 1.44. The lowest BCUT2D eigenvalue weighted by Crippen LogP contribution is -2.49. The fraction of sp³-hybridized carbons (Fsp3) is 0.462. The van der Waals surface area contributed by atoms with E-state index in [9.17, 15) is 26.4 Å². The Morgan fingerprint density at radius 2 is 1.78 bits per heavy atom. The zero-order valence-electron chi connectivity index (χ0n) is 12.2. The van der Waals surface area contributed by atoms with Gasteiger partial charge in [-0.05, 0) is 12.1 Å². The van der Waals surface area contributed by atoms with E-state index in [1.165, 1.54) is 24.0 Å². The Morgan fingerprint density at radius 3 is 2.30 bits per heavy atom. The minimum absolute atomic E-state index is 0.0896. The first-order chi connectivity index (χ1) is 10.6. The molecular formula is C13H15F3N2O4S. The van der Waals surface area contributed by atoms with E-state index >= 15 is 0 Å². The first-order valence-electron chi connectivity index (χ1n) is 6.71. The number of halogens is 3. The first kappa shape index (κ1) is 17.5. The molecule has 0 bridgehead atoms. The Balaban J connectivity index is 2.17. The molecule has 23 heavy (non-hydrogen) atoms. The summed E-state index contributed by atoms with van der Waals surface area (Å²) in [6.45, 7) is 2.06. The van der Waals surface area contributed by atoms with Crippen molar-refractivity contribution in [2.24, 2.45) is 0 Å². The monoisotopic (exact) mass is 352 g/mol. The van der Waals surface area contributed by atoms with Gasteiger partial charge in [-0.1, -0.05) is 6.07 Å². The van der Waals surface area contributed by atoms with E-state index in [0.29, 0.717) is 0 Å². The molecule has 1 aliphatic heterocycles. The van der Waals surface area contributed by atoms with E-state index < -0.39 is 22.1 Å². The summed E-state index contributed by atoms with van der Waals surface area (Å²) in [5, 5.41) is 0. The van der Waals surface area contributed by atoms with E-state index in [1.54, 1.807) is 0 Å². The highest BCUT2D eigenvalue weighted by Gasteiger charge is 2.33. The van der Waals surface area contributed by atoms with Gasteiger partial charge < -0.3 is 9.64 Å². The minimum atomic E-state index is -4.89. The van der Waals surface area contributed by atoms with Crippen LogP contribution >= 0.6 is 0 Å². The smallest absolute Gasteiger partial charge is 0.406 e. The van der Waals surface area contributed by atoms with Crippen molar-refractivity contribution >= 4 is 15.9 Å². The van der Waals surface area contributed by atoms with Crippen LogP contribution in [0.4, 0.5) is 13.2 Å². The number of rotatable bonds is 3. The van der Waals surface area contributed by atoms with Gasteiger partial charge in [0.25, 0.3) is 0 Å². The van der Waals surface area contributed by atoms with Gasteiger partial charge in [0.2, 0.25) is 15.9 Å². The van der Waals surface area contributed by atoms with Crippen LogP contribution in [0, 0.1) is 0 Å². The number of carbonyl (C=O) groups is 1. The third-order valence-corrected chi connectivity index (χ3v) is 5.26. The lowest BCUT2D eigenvalue weighted by atomic mass is 10.3. The minimum Gasteiger partial charge on any atom is -0.406 e. The van der Waals surface area contributed by atoms with E-state index in [1.807, 2.05) is 0 Å². The summed E-state index contributed by atoms with van der Waals surface area (Å²) < 4.78 is 66.5. The molecule has 0 aliphatic carbocycles. The molecule has 10 heteroatoms. The zero-order chi connectivity index (χ0) is 17.3. The maximum atomic E-state index is 12.5. The summed E-state index contributed by atoms with van der Waals surface area (Å²) in [6.07, 6.45) is -4.89. The number of ether oxygens (including phenoxy) is 1. The molecule has 0 unspecified atom stereocenters. The Hall–Kier alpha value is -1.81. The van der Waals surface area contributed by atoms with Gasteiger partial charge in [-0.3, -0.25) is 4.79 Å². The van der Waals surface area contributed by atoms with Crippen molar-refractivity contribution in [3.05, 3.63) is 24.3 Å². The second-order valence-corrected chi connectivity index (χ2v) is 6.87. The van der Waals surface area contributed by atoms with Gasteiger partial charge in [-0.15, -0.1) is 13.2 Å². The van der Waals surface area contributed by atoms with Crippen molar-refractivity contribution in [1.82, 2.24) is 9.21 Å². The molecule has 0 atom stereocenters. The van der Waals surface area contributed by atoms with E-state index in [2.05, 4.69) is 4.74 Å². The maximum absolute atomic E-state index is 12.5. The van der Waals surface area contributed by atoms with E-state index in [4.69, 9.17) is 0 Å². The average Bonchev–Trinajstić information content (AvgIpc) is 2.46. The summed E-state index contributed by atoms with van der Waals surface area (Å²) >= 11 is 0. The third-order valence-electron chi connectivity index (χ3n) is 3.36. The van der Waals surface area contributed by atoms with Crippen molar-refractivity contribution in [3.8, 4) is 5.75 Å². The highest BCUT2D eigenvalue weighted by molar-refractivity contribution is 7.89. The van der Waals surface area contributed by atoms with Crippen molar-refractivity contribution in [3.63, 3.8) is 0 Å². The van der Waals surface area contributed by atoms with Gasteiger partial charge >= 0.3 is 6.36 Å². The van der Waals surface area contributed by atoms with E-state index in [0.717, 1.165) is 16.4 Å². The summed E-state index contributed by atoms with van der Waals surface area (Å²) in [6, 6.07) is 4.25. The normalized spacial score (nSPS) is 17.1. The Bertz CT molecular complexity index is 683. The third kappa shape index (κ3) is 4.35. The quantitative estimate of drug-likeness (QED) is 0.826. The van der Waals surface area contributed by atoms with Gasteiger partial charge in [0, 0.05) is 39.2 Å². The average molecular weight is 352 g/mol. The van der Waals surface area contributed by atoms with Crippen LogP contribution in [0.15, 0.2) is 29.2 Å². The molecule has 0 saturated carbocycles. The van der Waals surface area contributed by atoms with Gasteiger partial charge in [-0.25, -0.2) is 8.42 Å². The summed E-state index contributed by atoms with van der Waals surface area (Å²) in [4.78, 5) is 12.5. The summed E-state index contributed by atoms with van der Waals surface area (Å²) in [5.74, 6) is -0.747. The van der Waals surface area contributed by atoms with E-state index in [-0.39, 0.29) is 37.0 Å². The molecule has 128 valence electrons. The van der Waals surface area contributed by atoms with Crippen molar-refractivity contribution in [2.75, 3.05) is 26.2 Å². The van der Waals surface area contributed by atoms with Crippen molar-refractivity contribution < 1.29 is 31.1 Å². The van der Waals surface area contributed by atoms with Gasteiger partial charge in [0.1, 0.15) is 5.75 Å². The highest BCUT2D eigenvalue weighted by Crippen LogP contribution is 2.26. The molecule has 0 aromatic heterocycles. The second-order valence-electron chi connectivity index (χ2n) is 4.93. The number of piperazine rings is 1. The van der Waals surface area contributed by atoms with Crippen LogP contribution in [0.2, 0.25) is 0 Å². The number of benzene rings is 1. The lowest BCUT2D eigenvalue weighted by molar-refractivity contribution is -0.274.